The predicted molar refractivity (Wildman–Crippen MR) is 132 cm³/mol. The van der Waals surface area contributed by atoms with Crippen LogP contribution in [0.1, 0.15) is 29.8 Å². The molecule has 0 aliphatic carbocycles. The van der Waals surface area contributed by atoms with Gasteiger partial charge in [0.05, 0.1) is 32.5 Å². The quantitative estimate of drug-likeness (QED) is 0.152. The number of benzene rings is 2. The van der Waals surface area contributed by atoms with Crippen LogP contribution < -0.4 is 48.9 Å². The summed E-state index contributed by atoms with van der Waals surface area (Å²) in [6.07, 6.45) is 5.16. The maximum absolute atomic E-state index is 10.9. The van der Waals surface area contributed by atoms with Gasteiger partial charge in [-0.2, -0.15) is 0 Å². The second kappa shape index (κ2) is 15.5. The van der Waals surface area contributed by atoms with Crippen molar-refractivity contribution in [2.24, 2.45) is 0 Å². The summed E-state index contributed by atoms with van der Waals surface area (Å²) in [5.74, 6) is 1.53. The van der Waals surface area contributed by atoms with Crippen LogP contribution in [0.4, 0.5) is 0 Å². The minimum absolute atomic E-state index is 0. The van der Waals surface area contributed by atoms with Crippen LogP contribution in [-0.4, -0.2) is 31.8 Å². The molecule has 6 nitrogen and oxygen atoms in total. The summed E-state index contributed by atoms with van der Waals surface area (Å²) in [7, 11) is 3.30. The molecule has 0 radical (unpaired) electrons. The number of hydrogen-bond acceptors (Lipinski definition) is 7. The largest absolute Gasteiger partial charge is 1.00 e. The van der Waals surface area contributed by atoms with Crippen molar-refractivity contribution in [2.45, 2.75) is 29.9 Å². The third-order valence-electron chi connectivity index (χ3n) is 5.04. The predicted octanol–water partition coefficient (Wildman–Crippen LogP) is 1.56. The van der Waals surface area contributed by atoms with Crippen molar-refractivity contribution in [3.05, 3.63) is 83.7 Å². The maximum Gasteiger partial charge on any atom is 1.00 e. The van der Waals surface area contributed by atoms with Crippen LogP contribution in [0.2, 0.25) is 0 Å². The Balaban J connectivity index is 0.00000432. The molecule has 0 saturated heterocycles. The standard InChI is InChI=1S/C27H29NO5S.Na/c1-31-22-13-10-20(11-14-22)7-5-6-18-33-24-16-12-21(28-23(24)15-17-27(29)30)19-34-26-9-4-3-8-25(26)32-2;/h3-4,8-17H,5-7,18-19H2,1-2H3,(H,29,30);/q;+1/p-1/b17-15+;. The Hall–Kier alpha value is -2.45. The van der Waals surface area contributed by atoms with E-state index in [4.69, 9.17) is 14.2 Å². The molecule has 35 heavy (non-hydrogen) atoms. The number of unbranched alkanes of at least 4 members (excludes halogenated alkanes) is 1. The van der Waals surface area contributed by atoms with Crippen molar-refractivity contribution in [2.75, 3.05) is 20.8 Å². The second-order valence-electron chi connectivity index (χ2n) is 7.43. The molecule has 1 aromatic heterocycles. The summed E-state index contributed by atoms with van der Waals surface area (Å²) < 4.78 is 16.5. The molecule has 0 spiro atoms. The van der Waals surface area contributed by atoms with E-state index in [0.717, 1.165) is 47.4 Å². The fourth-order valence-corrected chi connectivity index (χ4v) is 4.20. The fraction of sp³-hybridized carbons (Fsp3) is 0.259. The van der Waals surface area contributed by atoms with Crippen LogP contribution in [0, 0.1) is 0 Å². The first-order chi connectivity index (χ1) is 16.6. The van der Waals surface area contributed by atoms with Gasteiger partial charge in [0.15, 0.2) is 0 Å². The molecule has 2 aromatic carbocycles. The first-order valence-electron chi connectivity index (χ1n) is 11.0. The van der Waals surface area contributed by atoms with Crippen LogP contribution in [0.15, 0.2) is 71.6 Å². The zero-order valence-electron chi connectivity index (χ0n) is 20.4. The van der Waals surface area contributed by atoms with Crippen molar-refractivity contribution in [1.82, 2.24) is 4.98 Å². The van der Waals surface area contributed by atoms with Crippen LogP contribution in [0.25, 0.3) is 6.08 Å². The summed E-state index contributed by atoms with van der Waals surface area (Å²) in [6, 6.07) is 19.6. The Bertz CT molecular complexity index is 1100. The van der Waals surface area contributed by atoms with Gasteiger partial charge in [0.25, 0.3) is 0 Å². The second-order valence-corrected chi connectivity index (χ2v) is 8.45. The van der Waals surface area contributed by atoms with Crippen molar-refractivity contribution in [3.63, 3.8) is 0 Å². The summed E-state index contributed by atoms with van der Waals surface area (Å²) in [6.45, 7) is 0.513. The first kappa shape index (κ1) is 28.8. The Labute approximate surface area is 233 Å². The Morgan fingerprint density at radius 2 is 1.74 bits per heavy atom. The molecule has 3 aromatic rings. The zero-order chi connectivity index (χ0) is 24.2. The number of nitrogens with zero attached hydrogens (tertiary/aromatic N) is 1. The number of carboxylic acids is 1. The van der Waals surface area contributed by atoms with Crippen molar-refractivity contribution >= 4 is 23.8 Å². The fourth-order valence-electron chi connectivity index (χ4n) is 3.27. The van der Waals surface area contributed by atoms with Gasteiger partial charge in [0, 0.05) is 10.6 Å². The van der Waals surface area contributed by atoms with Gasteiger partial charge < -0.3 is 24.1 Å². The van der Waals surface area contributed by atoms with Gasteiger partial charge in [-0.25, -0.2) is 4.98 Å². The number of aryl methyl sites for hydroxylation is 1. The molecule has 178 valence electrons. The third-order valence-corrected chi connectivity index (χ3v) is 6.13. The number of carbonyl (C=O) groups excluding carboxylic acids is 1. The molecule has 0 N–H and O–H groups in total. The Morgan fingerprint density at radius 3 is 2.46 bits per heavy atom. The van der Waals surface area contributed by atoms with Crippen molar-refractivity contribution in [1.29, 1.82) is 0 Å². The topological polar surface area (TPSA) is 80.7 Å². The number of carbonyl (C=O) groups is 1. The van der Waals surface area contributed by atoms with Gasteiger partial charge in [0.2, 0.25) is 0 Å². The van der Waals surface area contributed by atoms with Gasteiger partial charge in [-0.15, -0.1) is 11.8 Å². The number of pyridine rings is 1. The average Bonchev–Trinajstić information content (AvgIpc) is 2.87. The Kier molecular flexibility index (Phi) is 12.8. The molecule has 0 amide bonds. The number of thioether (sulfide) groups is 1. The van der Waals surface area contributed by atoms with Crippen LogP contribution in [0.5, 0.6) is 17.2 Å². The molecule has 0 atom stereocenters. The number of carboxylic acid groups (broad SMARTS) is 1. The first-order valence-corrected chi connectivity index (χ1v) is 12.0. The number of hydrogen-bond donors (Lipinski definition) is 0. The third kappa shape index (κ3) is 9.61. The van der Waals surface area contributed by atoms with Gasteiger partial charge in [-0.1, -0.05) is 24.3 Å². The van der Waals surface area contributed by atoms with E-state index < -0.39 is 5.97 Å². The number of ether oxygens (including phenoxy) is 3. The van der Waals surface area contributed by atoms with Crippen molar-refractivity contribution < 1.29 is 53.7 Å². The number of aliphatic carboxylic acids is 1. The Morgan fingerprint density at radius 1 is 0.971 bits per heavy atom. The van der Waals surface area contributed by atoms with E-state index in [0.29, 0.717) is 23.8 Å². The molecule has 0 bridgehead atoms. The van der Waals surface area contributed by atoms with E-state index in [1.807, 2.05) is 48.5 Å². The zero-order valence-corrected chi connectivity index (χ0v) is 23.2. The van der Waals surface area contributed by atoms with E-state index in [1.54, 1.807) is 26.0 Å². The molecule has 0 aliphatic rings. The van der Waals surface area contributed by atoms with Crippen molar-refractivity contribution in [3.8, 4) is 17.2 Å². The van der Waals surface area contributed by atoms with Crippen LogP contribution >= 0.6 is 11.8 Å². The smallest absolute Gasteiger partial charge is 0.545 e. The van der Waals surface area contributed by atoms with E-state index in [9.17, 15) is 9.90 Å². The number of aromatic nitrogens is 1. The summed E-state index contributed by atoms with van der Waals surface area (Å²) in [5, 5.41) is 10.9. The molecule has 0 fully saturated rings. The molecule has 0 saturated carbocycles. The normalized spacial score (nSPS) is 10.6. The SMILES string of the molecule is COc1ccc(CCCCOc2ccc(CSc3ccccc3OC)nc2/C=C/C(=O)[O-])cc1.[Na+]. The molecular formula is C27H28NNaO5S. The monoisotopic (exact) mass is 501 g/mol. The number of rotatable bonds is 13. The van der Waals surface area contributed by atoms with Gasteiger partial charge >= 0.3 is 29.6 Å². The van der Waals surface area contributed by atoms with Gasteiger partial charge in [0.1, 0.15) is 22.9 Å². The van der Waals surface area contributed by atoms with Gasteiger partial charge in [-0.05, 0) is 73.4 Å². The van der Waals surface area contributed by atoms with E-state index in [1.165, 1.54) is 11.6 Å². The molecule has 1 heterocycles. The molecule has 0 unspecified atom stereocenters. The summed E-state index contributed by atoms with van der Waals surface area (Å²) in [4.78, 5) is 16.5. The van der Waals surface area contributed by atoms with E-state index in [2.05, 4.69) is 17.1 Å². The molecule has 8 heteroatoms. The van der Waals surface area contributed by atoms with E-state index >= 15 is 0 Å². The average molecular weight is 502 g/mol. The molecule has 3 rings (SSSR count). The van der Waals surface area contributed by atoms with Gasteiger partial charge in [-0.3, -0.25) is 0 Å². The number of methoxy groups -OCH3 is 2. The minimum Gasteiger partial charge on any atom is -0.545 e. The summed E-state index contributed by atoms with van der Waals surface area (Å²) in [5.41, 5.74) is 2.52. The maximum atomic E-state index is 10.9. The molecular weight excluding hydrogens is 473 g/mol. The summed E-state index contributed by atoms with van der Waals surface area (Å²) >= 11 is 1.60. The van der Waals surface area contributed by atoms with Crippen LogP contribution in [-0.2, 0) is 17.0 Å². The molecule has 0 aliphatic heterocycles. The number of para-hydroxylation sites is 1. The van der Waals surface area contributed by atoms with Crippen LogP contribution in [0.3, 0.4) is 0 Å². The minimum atomic E-state index is -1.28. The van der Waals surface area contributed by atoms with E-state index in [-0.39, 0.29) is 29.6 Å².